The molecule has 1 aromatic heterocycles. The van der Waals surface area contributed by atoms with E-state index in [1.165, 1.54) is 22.8 Å². The Morgan fingerprint density at radius 3 is 2.74 bits per heavy atom. The number of carbonyl (C=O) groups excluding carboxylic acids is 1. The van der Waals surface area contributed by atoms with Crippen LogP contribution in [0.25, 0.3) is 0 Å². The Labute approximate surface area is 164 Å². The Morgan fingerprint density at radius 1 is 1.33 bits per heavy atom. The number of carbonyl (C=O) groups is 1. The molecule has 0 aliphatic carbocycles. The predicted octanol–water partition coefficient (Wildman–Crippen LogP) is 2.18. The molecule has 1 aliphatic heterocycles. The quantitative estimate of drug-likeness (QED) is 0.773. The van der Waals surface area contributed by atoms with E-state index < -0.39 is 11.7 Å². The molecule has 0 atom stereocenters. The number of rotatable bonds is 5. The van der Waals surface area contributed by atoms with Crippen LogP contribution in [-0.2, 0) is 22.5 Å². The Kier molecular flexibility index (Phi) is 6.22. The number of nitrogens with zero attached hydrogens (tertiary/aromatic N) is 3. The lowest BCUT2D eigenvalue weighted by Crippen LogP contribution is -2.42. The summed E-state index contributed by atoms with van der Waals surface area (Å²) < 4.78 is 21.2. The minimum Gasteiger partial charge on any atom is -0.378 e. The SMILES string of the molecule is CCc1cc(=O)n(CC(=O)Nc2ccc(Br)cc2F)c(N2CCOCC2)n1. The largest absolute Gasteiger partial charge is 0.378 e. The first kappa shape index (κ1) is 19.5. The lowest BCUT2D eigenvalue weighted by molar-refractivity contribution is -0.116. The number of hydrogen-bond acceptors (Lipinski definition) is 5. The van der Waals surface area contributed by atoms with Gasteiger partial charge in [0, 0.05) is 29.3 Å². The van der Waals surface area contributed by atoms with E-state index >= 15 is 0 Å². The smallest absolute Gasteiger partial charge is 0.255 e. The van der Waals surface area contributed by atoms with Crippen LogP contribution in [0.4, 0.5) is 16.0 Å². The average molecular weight is 439 g/mol. The van der Waals surface area contributed by atoms with E-state index in [1.54, 1.807) is 6.07 Å². The molecule has 1 fully saturated rings. The molecule has 2 heterocycles. The molecule has 2 aromatic rings. The van der Waals surface area contributed by atoms with Gasteiger partial charge < -0.3 is 15.0 Å². The first-order valence-electron chi connectivity index (χ1n) is 8.66. The molecule has 1 aromatic carbocycles. The van der Waals surface area contributed by atoms with Gasteiger partial charge in [-0.3, -0.25) is 14.2 Å². The van der Waals surface area contributed by atoms with Crippen molar-refractivity contribution >= 4 is 33.5 Å². The summed E-state index contributed by atoms with van der Waals surface area (Å²) in [7, 11) is 0. The van der Waals surface area contributed by atoms with E-state index in [-0.39, 0.29) is 17.8 Å². The molecular weight excluding hydrogens is 419 g/mol. The second-order valence-corrected chi connectivity index (χ2v) is 7.01. The molecule has 1 amide bonds. The van der Waals surface area contributed by atoms with E-state index in [1.807, 2.05) is 11.8 Å². The van der Waals surface area contributed by atoms with Gasteiger partial charge >= 0.3 is 0 Å². The van der Waals surface area contributed by atoms with Crippen LogP contribution in [0.5, 0.6) is 0 Å². The minimum atomic E-state index is -0.557. The molecule has 7 nitrogen and oxygen atoms in total. The number of aryl methyl sites for hydroxylation is 1. The standard InChI is InChI=1S/C18H20BrFN4O3/c1-2-13-10-17(26)24(18(21-13)23-5-7-27-8-6-23)11-16(25)22-15-4-3-12(19)9-14(15)20/h3-4,9-10H,2,5-8,11H2,1H3,(H,22,25). The molecule has 144 valence electrons. The fourth-order valence-corrected chi connectivity index (χ4v) is 3.13. The van der Waals surface area contributed by atoms with Crippen molar-refractivity contribution in [1.29, 1.82) is 0 Å². The van der Waals surface area contributed by atoms with Gasteiger partial charge in [0.15, 0.2) is 0 Å². The summed E-state index contributed by atoms with van der Waals surface area (Å²) in [5, 5.41) is 2.51. The third-order valence-electron chi connectivity index (χ3n) is 4.20. The van der Waals surface area contributed by atoms with Crippen LogP contribution in [0.2, 0.25) is 0 Å². The summed E-state index contributed by atoms with van der Waals surface area (Å²) in [6, 6.07) is 5.78. The summed E-state index contributed by atoms with van der Waals surface area (Å²) in [4.78, 5) is 31.5. The Morgan fingerprint density at radius 2 is 2.07 bits per heavy atom. The van der Waals surface area contributed by atoms with Crippen molar-refractivity contribution in [2.75, 3.05) is 36.5 Å². The average Bonchev–Trinajstić information content (AvgIpc) is 2.66. The molecule has 0 bridgehead atoms. The first-order valence-corrected chi connectivity index (χ1v) is 9.45. The molecular formula is C18H20BrFN4O3. The third-order valence-corrected chi connectivity index (χ3v) is 4.70. The highest BCUT2D eigenvalue weighted by Crippen LogP contribution is 2.19. The number of hydrogen-bond donors (Lipinski definition) is 1. The van der Waals surface area contributed by atoms with Gasteiger partial charge in [0.05, 0.1) is 18.9 Å². The van der Waals surface area contributed by atoms with Crippen LogP contribution in [0.1, 0.15) is 12.6 Å². The number of morpholine rings is 1. The molecule has 27 heavy (non-hydrogen) atoms. The fourth-order valence-electron chi connectivity index (χ4n) is 2.80. The molecule has 1 saturated heterocycles. The Bertz CT molecular complexity index is 897. The normalized spacial score (nSPS) is 14.3. The van der Waals surface area contributed by atoms with Gasteiger partial charge in [-0.1, -0.05) is 22.9 Å². The zero-order valence-electron chi connectivity index (χ0n) is 14.9. The highest BCUT2D eigenvalue weighted by molar-refractivity contribution is 9.10. The highest BCUT2D eigenvalue weighted by atomic mass is 79.9. The molecule has 0 spiro atoms. The first-order chi connectivity index (χ1) is 13.0. The number of amides is 1. The maximum atomic E-state index is 13.9. The summed E-state index contributed by atoms with van der Waals surface area (Å²) in [5.41, 5.74) is 0.411. The van der Waals surface area contributed by atoms with E-state index in [4.69, 9.17) is 4.74 Å². The van der Waals surface area contributed by atoms with Crippen molar-refractivity contribution in [3.05, 3.63) is 50.6 Å². The number of nitrogens with one attached hydrogen (secondary N) is 1. The fraction of sp³-hybridized carbons (Fsp3) is 0.389. The summed E-state index contributed by atoms with van der Waals surface area (Å²) in [6.07, 6.45) is 0.615. The lowest BCUT2D eigenvalue weighted by atomic mass is 10.3. The van der Waals surface area contributed by atoms with E-state index in [0.29, 0.717) is 48.8 Å². The molecule has 1 aliphatic rings. The van der Waals surface area contributed by atoms with Gasteiger partial charge in [-0.2, -0.15) is 0 Å². The van der Waals surface area contributed by atoms with Gasteiger partial charge in [0.1, 0.15) is 12.4 Å². The molecule has 0 unspecified atom stereocenters. The summed E-state index contributed by atoms with van der Waals surface area (Å²) in [6.45, 7) is 3.90. The topological polar surface area (TPSA) is 76.5 Å². The number of aromatic nitrogens is 2. The van der Waals surface area contributed by atoms with E-state index in [9.17, 15) is 14.0 Å². The maximum absolute atomic E-state index is 13.9. The van der Waals surface area contributed by atoms with Gasteiger partial charge in [0.25, 0.3) is 5.56 Å². The molecule has 0 saturated carbocycles. The van der Waals surface area contributed by atoms with Gasteiger partial charge in [-0.25, -0.2) is 9.37 Å². The second kappa shape index (κ2) is 8.62. The maximum Gasteiger partial charge on any atom is 0.255 e. The summed E-state index contributed by atoms with van der Waals surface area (Å²) in [5.74, 6) is -0.620. The van der Waals surface area contributed by atoms with Crippen LogP contribution in [0, 0.1) is 5.82 Å². The number of ether oxygens (including phenoxy) is 1. The minimum absolute atomic E-state index is 0.0577. The number of benzene rings is 1. The van der Waals surface area contributed by atoms with Crippen LogP contribution in [0.3, 0.4) is 0 Å². The van der Waals surface area contributed by atoms with E-state index in [2.05, 4.69) is 26.2 Å². The van der Waals surface area contributed by atoms with Gasteiger partial charge in [0.2, 0.25) is 11.9 Å². The van der Waals surface area contributed by atoms with Crippen LogP contribution in [-0.4, -0.2) is 41.8 Å². The third kappa shape index (κ3) is 4.72. The molecule has 3 rings (SSSR count). The van der Waals surface area contributed by atoms with Crippen LogP contribution >= 0.6 is 15.9 Å². The monoisotopic (exact) mass is 438 g/mol. The molecule has 0 radical (unpaired) electrons. The van der Waals surface area contributed by atoms with Crippen molar-refractivity contribution in [1.82, 2.24) is 9.55 Å². The predicted molar refractivity (Wildman–Crippen MR) is 104 cm³/mol. The van der Waals surface area contributed by atoms with Crippen molar-refractivity contribution < 1.29 is 13.9 Å². The zero-order chi connectivity index (χ0) is 19.4. The molecule has 9 heteroatoms. The van der Waals surface area contributed by atoms with Crippen molar-refractivity contribution in [2.45, 2.75) is 19.9 Å². The van der Waals surface area contributed by atoms with Crippen molar-refractivity contribution in [2.24, 2.45) is 0 Å². The highest BCUT2D eigenvalue weighted by Gasteiger charge is 2.20. The van der Waals surface area contributed by atoms with Gasteiger partial charge in [-0.05, 0) is 24.6 Å². The lowest BCUT2D eigenvalue weighted by Gasteiger charge is -2.29. The van der Waals surface area contributed by atoms with Crippen molar-refractivity contribution in [3.63, 3.8) is 0 Å². The zero-order valence-corrected chi connectivity index (χ0v) is 16.5. The number of halogens is 2. The van der Waals surface area contributed by atoms with E-state index in [0.717, 1.165) is 0 Å². The van der Waals surface area contributed by atoms with Crippen LogP contribution in [0.15, 0.2) is 33.5 Å². The van der Waals surface area contributed by atoms with Gasteiger partial charge in [-0.15, -0.1) is 0 Å². The van der Waals surface area contributed by atoms with Crippen LogP contribution < -0.4 is 15.8 Å². The Hall–Kier alpha value is -2.26. The Balaban J connectivity index is 1.86. The van der Waals surface area contributed by atoms with Crippen molar-refractivity contribution in [3.8, 4) is 0 Å². The summed E-state index contributed by atoms with van der Waals surface area (Å²) >= 11 is 3.17. The number of anilines is 2. The second-order valence-electron chi connectivity index (χ2n) is 6.10. The molecule has 1 N–H and O–H groups in total.